The third kappa shape index (κ3) is 4.68. The molecule has 29 heavy (non-hydrogen) atoms. The van der Waals surface area contributed by atoms with Crippen LogP contribution in [0.3, 0.4) is 0 Å². The minimum absolute atomic E-state index is 0.106. The molecule has 1 unspecified atom stereocenters. The van der Waals surface area contributed by atoms with Crippen molar-refractivity contribution in [3.8, 4) is 17.2 Å². The average molecular weight is 410 g/mol. The molecule has 1 atom stereocenters. The summed E-state index contributed by atoms with van der Waals surface area (Å²) in [5.74, 6) is 3.20. The van der Waals surface area contributed by atoms with E-state index in [1.165, 1.54) is 0 Å². The molecule has 7 heteroatoms. The number of nitrogens with one attached hydrogen (secondary N) is 1. The van der Waals surface area contributed by atoms with Crippen molar-refractivity contribution in [1.29, 1.82) is 0 Å². The Morgan fingerprint density at radius 2 is 1.79 bits per heavy atom. The second-order valence-electron chi connectivity index (χ2n) is 6.45. The summed E-state index contributed by atoms with van der Waals surface area (Å²) in [6.07, 6.45) is 3.45. The van der Waals surface area contributed by atoms with Crippen LogP contribution < -0.4 is 19.5 Å². The molecule has 0 aliphatic carbocycles. The highest BCUT2D eigenvalue weighted by Gasteiger charge is 2.20. The molecule has 1 aliphatic rings. The van der Waals surface area contributed by atoms with E-state index in [0.717, 1.165) is 38.4 Å². The Balaban J connectivity index is 1.38. The van der Waals surface area contributed by atoms with Crippen LogP contribution in [0.2, 0.25) is 0 Å². The zero-order valence-corrected chi connectivity index (χ0v) is 17.1. The normalized spacial score (nSPS) is 15.2. The van der Waals surface area contributed by atoms with Gasteiger partial charge in [-0.1, -0.05) is 11.8 Å². The van der Waals surface area contributed by atoms with Crippen LogP contribution in [0.25, 0.3) is 0 Å². The maximum absolute atomic E-state index is 5.92. The molecule has 1 aromatic heterocycles. The van der Waals surface area contributed by atoms with Gasteiger partial charge in [-0.2, -0.15) is 0 Å². The number of ether oxygens (including phenoxy) is 3. The predicted octanol–water partition coefficient (Wildman–Crippen LogP) is 4.70. The first-order chi connectivity index (χ1) is 14.2. The Hall–Kier alpha value is -3.06. The van der Waals surface area contributed by atoms with E-state index in [-0.39, 0.29) is 6.04 Å². The van der Waals surface area contributed by atoms with E-state index in [0.29, 0.717) is 13.2 Å². The van der Waals surface area contributed by atoms with Crippen LogP contribution in [0.1, 0.15) is 17.4 Å². The largest absolute Gasteiger partial charge is 0.497 e. The SMILES string of the molecule is COc1cc(COc2ccc(Sc3ccoc3C3CN=CN3)cc2)cc(OC)c1. The van der Waals surface area contributed by atoms with Crippen LogP contribution in [0.4, 0.5) is 0 Å². The topological polar surface area (TPSA) is 65.2 Å². The van der Waals surface area contributed by atoms with Crippen molar-refractivity contribution in [2.75, 3.05) is 20.8 Å². The first-order valence-corrected chi connectivity index (χ1v) is 10.0. The minimum atomic E-state index is 0.106. The third-order valence-electron chi connectivity index (χ3n) is 4.50. The molecule has 0 saturated carbocycles. The van der Waals surface area contributed by atoms with E-state index in [4.69, 9.17) is 18.6 Å². The van der Waals surface area contributed by atoms with Crippen molar-refractivity contribution in [2.45, 2.75) is 22.4 Å². The van der Waals surface area contributed by atoms with Gasteiger partial charge < -0.3 is 23.9 Å². The molecule has 150 valence electrons. The predicted molar refractivity (Wildman–Crippen MR) is 112 cm³/mol. The van der Waals surface area contributed by atoms with Crippen LogP contribution in [-0.4, -0.2) is 27.1 Å². The Morgan fingerprint density at radius 3 is 2.45 bits per heavy atom. The lowest BCUT2D eigenvalue weighted by Gasteiger charge is -2.11. The quantitative estimate of drug-likeness (QED) is 0.581. The maximum Gasteiger partial charge on any atom is 0.141 e. The molecule has 2 aromatic carbocycles. The van der Waals surface area contributed by atoms with Crippen molar-refractivity contribution < 1.29 is 18.6 Å². The molecule has 6 nitrogen and oxygen atoms in total. The highest BCUT2D eigenvalue weighted by atomic mass is 32.2. The number of hydrogen-bond donors (Lipinski definition) is 1. The molecule has 0 saturated heterocycles. The Morgan fingerprint density at radius 1 is 1.03 bits per heavy atom. The lowest BCUT2D eigenvalue weighted by molar-refractivity contribution is 0.303. The monoisotopic (exact) mass is 410 g/mol. The molecular formula is C22H22N2O4S. The second-order valence-corrected chi connectivity index (χ2v) is 7.56. The fraction of sp³-hybridized carbons (Fsp3) is 0.227. The summed E-state index contributed by atoms with van der Waals surface area (Å²) in [6.45, 7) is 1.13. The summed E-state index contributed by atoms with van der Waals surface area (Å²) >= 11 is 1.66. The molecule has 0 radical (unpaired) electrons. The van der Waals surface area contributed by atoms with Gasteiger partial charge >= 0.3 is 0 Å². The van der Waals surface area contributed by atoms with Crippen molar-refractivity contribution in [3.63, 3.8) is 0 Å². The summed E-state index contributed by atoms with van der Waals surface area (Å²) in [7, 11) is 3.27. The van der Waals surface area contributed by atoms with Crippen LogP contribution in [0.5, 0.6) is 17.2 Å². The van der Waals surface area contributed by atoms with Gasteiger partial charge in [0, 0.05) is 11.0 Å². The van der Waals surface area contributed by atoms with Crippen LogP contribution in [0, 0.1) is 0 Å². The van der Waals surface area contributed by atoms with Crippen molar-refractivity contribution in [3.05, 3.63) is 66.1 Å². The summed E-state index contributed by atoms with van der Waals surface area (Å²) in [4.78, 5) is 6.41. The minimum Gasteiger partial charge on any atom is -0.497 e. The maximum atomic E-state index is 5.92. The van der Waals surface area contributed by atoms with Crippen molar-refractivity contribution in [2.24, 2.45) is 4.99 Å². The number of nitrogens with zero attached hydrogens (tertiary/aromatic N) is 1. The Kier molecular flexibility index (Phi) is 5.95. The zero-order valence-electron chi connectivity index (χ0n) is 16.3. The second kappa shape index (κ2) is 8.96. The van der Waals surface area contributed by atoms with Gasteiger partial charge in [0.1, 0.15) is 35.7 Å². The molecular weight excluding hydrogens is 388 g/mol. The lowest BCUT2D eigenvalue weighted by Crippen LogP contribution is -2.15. The fourth-order valence-corrected chi connectivity index (χ4v) is 3.95. The lowest BCUT2D eigenvalue weighted by atomic mass is 10.2. The molecule has 1 N–H and O–H groups in total. The molecule has 4 rings (SSSR count). The molecule has 3 aromatic rings. The third-order valence-corrected chi connectivity index (χ3v) is 5.56. The van der Waals surface area contributed by atoms with Gasteiger partial charge in [-0.15, -0.1) is 0 Å². The fourth-order valence-electron chi connectivity index (χ4n) is 3.01. The number of hydrogen-bond acceptors (Lipinski definition) is 7. The van der Waals surface area contributed by atoms with Crippen LogP contribution >= 0.6 is 11.8 Å². The summed E-state index contributed by atoms with van der Waals surface area (Å²) in [5, 5.41) is 3.21. The van der Waals surface area contributed by atoms with Crippen molar-refractivity contribution in [1.82, 2.24) is 5.32 Å². The van der Waals surface area contributed by atoms with Crippen LogP contribution in [-0.2, 0) is 6.61 Å². The molecule has 0 spiro atoms. The van der Waals surface area contributed by atoms with E-state index in [1.54, 1.807) is 38.6 Å². The van der Waals surface area contributed by atoms with Gasteiger partial charge in [0.25, 0.3) is 0 Å². The number of methoxy groups -OCH3 is 2. The average Bonchev–Trinajstić information content (AvgIpc) is 3.44. The first kappa shape index (κ1) is 19.3. The summed E-state index contributed by atoms with van der Waals surface area (Å²) in [5.41, 5.74) is 0.981. The number of furan rings is 1. The molecule has 0 amide bonds. The zero-order chi connectivity index (χ0) is 20.1. The van der Waals surface area contributed by atoms with Gasteiger partial charge in [0.2, 0.25) is 0 Å². The van der Waals surface area contributed by atoms with E-state index in [1.807, 2.05) is 48.5 Å². The van der Waals surface area contributed by atoms with Gasteiger partial charge in [-0.05, 0) is 48.0 Å². The van der Waals surface area contributed by atoms with Crippen LogP contribution in [0.15, 0.2) is 74.0 Å². The van der Waals surface area contributed by atoms with E-state index < -0.39 is 0 Å². The molecule has 1 aliphatic heterocycles. The molecule has 2 heterocycles. The van der Waals surface area contributed by atoms with Gasteiger partial charge in [-0.25, -0.2) is 0 Å². The Bertz CT molecular complexity index is 954. The standard InChI is InChI=1S/C22H22N2O4S/c1-25-17-9-15(10-18(11-17)26-2)13-28-16-3-5-19(6-4-16)29-21-7-8-27-22(21)20-12-23-14-24-20/h3-11,14,20H,12-13H2,1-2H3,(H,23,24). The number of benzene rings is 2. The molecule has 0 bridgehead atoms. The number of aliphatic imine (C=N–C) groups is 1. The summed E-state index contributed by atoms with van der Waals surface area (Å²) in [6, 6.07) is 15.8. The first-order valence-electron chi connectivity index (χ1n) is 9.19. The van der Waals surface area contributed by atoms with E-state index in [2.05, 4.69) is 10.3 Å². The highest BCUT2D eigenvalue weighted by Crippen LogP contribution is 2.35. The number of rotatable bonds is 8. The smallest absolute Gasteiger partial charge is 0.141 e. The van der Waals surface area contributed by atoms with E-state index in [9.17, 15) is 0 Å². The summed E-state index contributed by atoms with van der Waals surface area (Å²) < 4.78 is 22.2. The van der Waals surface area contributed by atoms with Gasteiger partial charge in [0.15, 0.2) is 0 Å². The van der Waals surface area contributed by atoms with E-state index >= 15 is 0 Å². The molecule has 0 fully saturated rings. The highest BCUT2D eigenvalue weighted by molar-refractivity contribution is 7.99. The van der Waals surface area contributed by atoms with Crippen molar-refractivity contribution >= 4 is 18.1 Å². The van der Waals surface area contributed by atoms with Gasteiger partial charge in [0.05, 0.1) is 38.3 Å². The van der Waals surface area contributed by atoms with Gasteiger partial charge in [-0.3, -0.25) is 4.99 Å². The Labute approximate surface area is 173 Å².